The van der Waals surface area contributed by atoms with Crippen LogP contribution >= 0.6 is 0 Å². The van der Waals surface area contributed by atoms with Gasteiger partial charge in [0.1, 0.15) is 4.90 Å². The Labute approximate surface area is 89.8 Å². The third-order valence-corrected chi connectivity index (χ3v) is 3.41. The second kappa shape index (κ2) is 5.20. The second-order valence-corrected chi connectivity index (χ2v) is 4.98. The van der Waals surface area contributed by atoms with Crippen molar-refractivity contribution in [2.24, 2.45) is 5.73 Å². The van der Waals surface area contributed by atoms with Crippen LogP contribution < -0.4 is 10.5 Å². The Hall–Kier alpha value is -0.980. The van der Waals surface area contributed by atoms with E-state index in [1.165, 1.54) is 18.5 Å². The Balaban J connectivity index is 2.69. The molecule has 5 nitrogen and oxygen atoms in total. The number of rotatable bonds is 5. The zero-order valence-corrected chi connectivity index (χ0v) is 9.37. The molecular weight excluding hydrogens is 214 g/mol. The van der Waals surface area contributed by atoms with Crippen molar-refractivity contribution in [1.29, 1.82) is 0 Å². The lowest BCUT2D eigenvalue weighted by atomic mass is 10.2. The predicted octanol–water partition coefficient (Wildman–Crippen LogP) is 0.0972. The first-order chi connectivity index (χ1) is 7.06. The summed E-state index contributed by atoms with van der Waals surface area (Å²) < 4.78 is 25.7. The van der Waals surface area contributed by atoms with Crippen LogP contribution in [0, 0.1) is 0 Å². The highest BCUT2D eigenvalue weighted by atomic mass is 32.2. The van der Waals surface area contributed by atoms with Gasteiger partial charge in [0.2, 0.25) is 10.0 Å². The average Bonchev–Trinajstić information content (AvgIpc) is 2.27. The summed E-state index contributed by atoms with van der Waals surface area (Å²) in [6.45, 7) is 2.15. The summed E-state index contributed by atoms with van der Waals surface area (Å²) in [6.07, 6.45) is 3.56. The van der Waals surface area contributed by atoms with E-state index in [9.17, 15) is 8.42 Å². The van der Waals surface area contributed by atoms with E-state index in [0.717, 1.165) is 6.42 Å². The van der Waals surface area contributed by atoms with Gasteiger partial charge in [0.05, 0.1) is 0 Å². The fraction of sp³-hybridized carbons (Fsp3) is 0.444. The predicted molar refractivity (Wildman–Crippen MR) is 57.7 cm³/mol. The molecular formula is C9H15N3O2S. The van der Waals surface area contributed by atoms with Crippen LogP contribution in [0.5, 0.6) is 0 Å². The van der Waals surface area contributed by atoms with Crippen LogP contribution in [0.4, 0.5) is 0 Å². The van der Waals surface area contributed by atoms with Crippen molar-refractivity contribution >= 4 is 10.0 Å². The molecule has 0 radical (unpaired) electrons. The Morgan fingerprint density at radius 3 is 2.87 bits per heavy atom. The SMILES string of the molecule is CCC(N)CNS(=O)(=O)c1cccnc1. The van der Waals surface area contributed by atoms with E-state index in [2.05, 4.69) is 9.71 Å². The van der Waals surface area contributed by atoms with Gasteiger partial charge in [-0.3, -0.25) is 4.98 Å². The molecule has 84 valence electrons. The molecule has 3 N–H and O–H groups in total. The van der Waals surface area contributed by atoms with Crippen LogP contribution in [0.25, 0.3) is 0 Å². The Kier molecular flexibility index (Phi) is 4.19. The minimum Gasteiger partial charge on any atom is -0.327 e. The summed E-state index contributed by atoms with van der Waals surface area (Å²) in [4.78, 5) is 3.91. The maximum absolute atomic E-state index is 11.6. The van der Waals surface area contributed by atoms with Gasteiger partial charge in [0.15, 0.2) is 0 Å². The van der Waals surface area contributed by atoms with Gasteiger partial charge in [-0.25, -0.2) is 13.1 Å². The van der Waals surface area contributed by atoms with E-state index in [1.54, 1.807) is 6.07 Å². The van der Waals surface area contributed by atoms with Gasteiger partial charge in [0.25, 0.3) is 0 Å². The first-order valence-electron chi connectivity index (χ1n) is 4.71. The number of aromatic nitrogens is 1. The second-order valence-electron chi connectivity index (χ2n) is 3.21. The first-order valence-corrected chi connectivity index (χ1v) is 6.20. The van der Waals surface area contributed by atoms with Crippen molar-refractivity contribution in [3.8, 4) is 0 Å². The molecule has 0 fully saturated rings. The largest absolute Gasteiger partial charge is 0.327 e. The van der Waals surface area contributed by atoms with E-state index in [1.807, 2.05) is 6.92 Å². The molecule has 0 aliphatic heterocycles. The number of pyridine rings is 1. The summed E-state index contributed by atoms with van der Waals surface area (Å²) in [5.41, 5.74) is 5.62. The molecule has 0 spiro atoms. The molecule has 0 aliphatic carbocycles. The maximum atomic E-state index is 11.6. The molecule has 6 heteroatoms. The number of hydrogen-bond donors (Lipinski definition) is 2. The third-order valence-electron chi connectivity index (χ3n) is 2.00. The van der Waals surface area contributed by atoms with Crippen LogP contribution in [-0.2, 0) is 10.0 Å². The van der Waals surface area contributed by atoms with Crippen LogP contribution in [0.2, 0.25) is 0 Å². The van der Waals surface area contributed by atoms with Crippen LogP contribution in [0.3, 0.4) is 0 Å². The smallest absolute Gasteiger partial charge is 0.242 e. The van der Waals surface area contributed by atoms with Crippen molar-refractivity contribution in [3.63, 3.8) is 0 Å². The molecule has 0 aliphatic rings. The zero-order valence-electron chi connectivity index (χ0n) is 8.55. The first kappa shape index (κ1) is 12.1. The molecule has 1 rings (SSSR count). The van der Waals surface area contributed by atoms with Gasteiger partial charge in [-0.15, -0.1) is 0 Å². The highest BCUT2D eigenvalue weighted by Gasteiger charge is 2.14. The normalized spacial score (nSPS) is 13.7. The number of nitrogens with one attached hydrogen (secondary N) is 1. The zero-order chi connectivity index (χ0) is 11.3. The van der Waals surface area contributed by atoms with Gasteiger partial charge in [-0.05, 0) is 18.6 Å². The van der Waals surface area contributed by atoms with E-state index in [-0.39, 0.29) is 17.5 Å². The number of hydrogen-bond acceptors (Lipinski definition) is 4. The minimum absolute atomic E-state index is 0.156. The number of nitrogens with zero attached hydrogens (tertiary/aromatic N) is 1. The van der Waals surface area contributed by atoms with Gasteiger partial charge >= 0.3 is 0 Å². The molecule has 1 heterocycles. The number of sulfonamides is 1. The van der Waals surface area contributed by atoms with Gasteiger partial charge < -0.3 is 5.73 Å². The topological polar surface area (TPSA) is 85.1 Å². The molecule has 0 saturated heterocycles. The molecule has 1 aromatic rings. The van der Waals surface area contributed by atoms with Crippen LogP contribution in [-0.4, -0.2) is 26.0 Å². The van der Waals surface area contributed by atoms with Crippen molar-refractivity contribution < 1.29 is 8.42 Å². The van der Waals surface area contributed by atoms with Crippen LogP contribution in [0.1, 0.15) is 13.3 Å². The minimum atomic E-state index is -3.46. The molecule has 0 bridgehead atoms. The summed E-state index contributed by atoms with van der Waals surface area (Å²) in [7, 11) is -3.46. The highest BCUT2D eigenvalue weighted by molar-refractivity contribution is 7.89. The lowest BCUT2D eigenvalue weighted by Gasteiger charge is -2.10. The van der Waals surface area contributed by atoms with E-state index < -0.39 is 10.0 Å². The molecule has 0 amide bonds. The number of nitrogens with two attached hydrogens (primary N) is 1. The van der Waals surface area contributed by atoms with Crippen LogP contribution in [0.15, 0.2) is 29.4 Å². The standard InChI is InChI=1S/C9H15N3O2S/c1-2-8(10)6-12-15(13,14)9-4-3-5-11-7-9/h3-5,7-8,12H,2,6,10H2,1H3. The third kappa shape index (κ3) is 3.58. The fourth-order valence-electron chi connectivity index (χ4n) is 0.950. The molecule has 15 heavy (non-hydrogen) atoms. The fourth-order valence-corrected chi connectivity index (χ4v) is 2.01. The molecule has 1 atom stereocenters. The Morgan fingerprint density at radius 2 is 2.33 bits per heavy atom. The summed E-state index contributed by atoms with van der Waals surface area (Å²) >= 11 is 0. The Morgan fingerprint density at radius 1 is 1.60 bits per heavy atom. The van der Waals surface area contributed by atoms with E-state index in [4.69, 9.17) is 5.73 Å². The lowest BCUT2D eigenvalue weighted by molar-refractivity contribution is 0.563. The monoisotopic (exact) mass is 229 g/mol. The van der Waals surface area contributed by atoms with Gasteiger partial charge in [0, 0.05) is 25.0 Å². The van der Waals surface area contributed by atoms with Crippen molar-refractivity contribution in [1.82, 2.24) is 9.71 Å². The summed E-state index contributed by atoms with van der Waals surface area (Å²) in [6, 6.07) is 2.91. The Bertz CT molecular complexity index is 391. The molecule has 1 unspecified atom stereocenters. The lowest BCUT2D eigenvalue weighted by Crippen LogP contribution is -2.36. The van der Waals surface area contributed by atoms with Crippen molar-refractivity contribution in [2.45, 2.75) is 24.3 Å². The maximum Gasteiger partial charge on any atom is 0.242 e. The quantitative estimate of drug-likeness (QED) is 0.749. The summed E-state index contributed by atoms with van der Waals surface area (Å²) in [5.74, 6) is 0. The van der Waals surface area contributed by atoms with E-state index in [0.29, 0.717) is 0 Å². The molecule has 0 saturated carbocycles. The van der Waals surface area contributed by atoms with Crippen molar-refractivity contribution in [2.75, 3.05) is 6.54 Å². The molecule has 0 aromatic carbocycles. The van der Waals surface area contributed by atoms with E-state index >= 15 is 0 Å². The van der Waals surface area contributed by atoms with Crippen molar-refractivity contribution in [3.05, 3.63) is 24.5 Å². The van der Waals surface area contributed by atoms with Gasteiger partial charge in [-0.2, -0.15) is 0 Å². The average molecular weight is 229 g/mol. The highest BCUT2D eigenvalue weighted by Crippen LogP contribution is 2.04. The molecule has 1 aromatic heterocycles. The van der Waals surface area contributed by atoms with Gasteiger partial charge in [-0.1, -0.05) is 6.92 Å². The summed E-state index contributed by atoms with van der Waals surface area (Å²) in [5, 5.41) is 0.